The highest BCUT2D eigenvalue weighted by Gasteiger charge is 2.12. The Morgan fingerprint density at radius 3 is 2.65 bits per heavy atom. The van der Waals surface area contributed by atoms with E-state index in [9.17, 15) is 19.7 Å². The number of likely N-dealkylation sites (N-methyl/N-ethyl adjacent to an activating group) is 1. The molecule has 1 N–H and O–H groups in total. The van der Waals surface area contributed by atoms with Crippen molar-refractivity contribution in [3.63, 3.8) is 0 Å². The number of anilines is 1. The number of amides is 1. The predicted octanol–water partition coefficient (Wildman–Crippen LogP) is 1.73. The zero-order valence-electron chi connectivity index (χ0n) is 13.5. The molecule has 1 rings (SSSR count). The van der Waals surface area contributed by atoms with Crippen LogP contribution in [0, 0.1) is 17.0 Å². The van der Waals surface area contributed by atoms with Crippen molar-refractivity contribution in [2.24, 2.45) is 0 Å². The van der Waals surface area contributed by atoms with E-state index in [4.69, 9.17) is 4.74 Å². The minimum atomic E-state index is -0.483. The standard InChI is InChI=1S/C15H21N3O5/c1-4-23-15(20)10-17(3)8-7-14(19)16-13-6-5-12(18(21)22)9-11(13)2/h5-6,9H,4,7-8,10H2,1-3H3,(H,16,19). The number of aryl methyl sites for hydroxylation is 1. The molecule has 0 aromatic heterocycles. The lowest BCUT2D eigenvalue weighted by Gasteiger charge is -2.15. The van der Waals surface area contributed by atoms with Crippen LogP contribution in [0.5, 0.6) is 0 Å². The van der Waals surface area contributed by atoms with Gasteiger partial charge in [-0.1, -0.05) is 0 Å². The quantitative estimate of drug-likeness (QED) is 0.444. The summed E-state index contributed by atoms with van der Waals surface area (Å²) in [5, 5.41) is 13.4. The Labute approximate surface area is 134 Å². The Morgan fingerprint density at radius 2 is 2.09 bits per heavy atom. The molecular weight excluding hydrogens is 302 g/mol. The third-order valence-electron chi connectivity index (χ3n) is 3.12. The van der Waals surface area contributed by atoms with Crippen LogP contribution in [0.1, 0.15) is 18.9 Å². The van der Waals surface area contributed by atoms with Gasteiger partial charge in [0.1, 0.15) is 0 Å². The van der Waals surface area contributed by atoms with E-state index in [0.717, 1.165) is 0 Å². The zero-order valence-corrected chi connectivity index (χ0v) is 13.5. The molecule has 1 amide bonds. The smallest absolute Gasteiger partial charge is 0.320 e. The number of nitrogens with zero attached hydrogens (tertiary/aromatic N) is 2. The van der Waals surface area contributed by atoms with E-state index >= 15 is 0 Å². The van der Waals surface area contributed by atoms with Gasteiger partial charge in [0.15, 0.2) is 0 Å². The average molecular weight is 323 g/mol. The molecule has 0 saturated heterocycles. The summed E-state index contributed by atoms with van der Waals surface area (Å²) in [6.07, 6.45) is 0.201. The Hall–Kier alpha value is -2.48. The van der Waals surface area contributed by atoms with E-state index in [0.29, 0.717) is 24.4 Å². The Balaban J connectivity index is 2.48. The summed E-state index contributed by atoms with van der Waals surface area (Å²) in [7, 11) is 1.72. The molecule has 1 aromatic carbocycles. The van der Waals surface area contributed by atoms with Crippen LogP contribution < -0.4 is 5.32 Å². The third kappa shape index (κ3) is 6.43. The van der Waals surface area contributed by atoms with Gasteiger partial charge in [0.25, 0.3) is 5.69 Å². The molecule has 0 bridgehead atoms. The highest BCUT2D eigenvalue weighted by atomic mass is 16.6. The number of nitrogens with one attached hydrogen (secondary N) is 1. The van der Waals surface area contributed by atoms with Gasteiger partial charge < -0.3 is 10.1 Å². The maximum Gasteiger partial charge on any atom is 0.320 e. The number of carbonyl (C=O) groups is 2. The molecule has 8 nitrogen and oxygen atoms in total. The van der Waals surface area contributed by atoms with E-state index in [1.165, 1.54) is 18.2 Å². The Bertz CT molecular complexity index is 588. The third-order valence-corrected chi connectivity index (χ3v) is 3.12. The first-order valence-corrected chi connectivity index (χ1v) is 7.22. The second-order valence-electron chi connectivity index (χ2n) is 5.10. The van der Waals surface area contributed by atoms with E-state index in [1.54, 1.807) is 25.8 Å². The maximum absolute atomic E-state index is 11.9. The number of nitro groups is 1. The number of hydrogen-bond acceptors (Lipinski definition) is 6. The first kappa shape index (κ1) is 18.6. The van der Waals surface area contributed by atoms with Crippen LogP contribution in [0.25, 0.3) is 0 Å². The molecule has 0 atom stereocenters. The molecule has 23 heavy (non-hydrogen) atoms. The number of benzene rings is 1. The molecule has 0 spiro atoms. The van der Waals surface area contributed by atoms with Crippen molar-refractivity contribution >= 4 is 23.3 Å². The van der Waals surface area contributed by atoms with Gasteiger partial charge in [0.2, 0.25) is 5.91 Å². The van der Waals surface area contributed by atoms with Crippen molar-refractivity contribution in [1.82, 2.24) is 4.90 Å². The van der Waals surface area contributed by atoms with Gasteiger partial charge in [-0.15, -0.1) is 0 Å². The molecule has 1 aromatic rings. The molecule has 0 aliphatic heterocycles. The van der Waals surface area contributed by atoms with Crippen LogP contribution in [-0.4, -0.2) is 48.4 Å². The molecule has 126 valence electrons. The highest BCUT2D eigenvalue weighted by molar-refractivity contribution is 5.91. The van der Waals surface area contributed by atoms with Crippen molar-refractivity contribution in [2.75, 3.05) is 32.1 Å². The van der Waals surface area contributed by atoms with Crippen LogP contribution in [0.3, 0.4) is 0 Å². The lowest BCUT2D eigenvalue weighted by Crippen LogP contribution is -2.30. The SMILES string of the molecule is CCOC(=O)CN(C)CCC(=O)Nc1ccc([N+](=O)[O-])cc1C. The summed E-state index contributed by atoms with van der Waals surface area (Å²) >= 11 is 0. The lowest BCUT2D eigenvalue weighted by molar-refractivity contribution is -0.384. The molecule has 0 fully saturated rings. The fraction of sp³-hybridized carbons (Fsp3) is 0.467. The largest absolute Gasteiger partial charge is 0.465 e. The van der Waals surface area contributed by atoms with Crippen LogP contribution in [0.4, 0.5) is 11.4 Å². The molecule has 0 radical (unpaired) electrons. The Kier molecular flexibility index (Phi) is 7.14. The first-order valence-electron chi connectivity index (χ1n) is 7.22. The topological polar surface area (TPSA) is 102 Å². The predicted molar refractivity (Wildman–Crippen MR) is 85.2 cm³/mol. The molecule has 0 heterocycles. The minimum Gasteiger partial charge on any atom is -0.465 e. The van der Waals surface area contributed by atoms with Gasteiger partial charge >= 0.3 is 5.97 Å². The fourth-order valence-corrected chi connectivity index (χ4v) is 1.91. The number of hydrogen-bond donors (Lipinski definition) is 1. The summed E-state index contributed by atoms with van der Waals surface area (Å²) in [6.45, 7) is 4.27. The molecule has 0 saturated carbocycles. The van der Waals surface area contributed by atoms with Crippen molar-refractivity contribution in [3.05, 3.63) is 33.9 Å². The summed E-state index contributed by atoms with van der Waals surface area (Å²) in [5.74, 6) is -0.556. The number of ether oxygens (including phenoxy) is 1. The summed E-state index contributed by atoms with van der Waals surface area (Å²) in [4.78, 5) is 35.1. The number of rotatable bonds is 8. The van der Waals surface area contributed by atoms with Gasteiger partial charge in [-0.2, -0.15) is 0 Å². The summed E-state index contributed by atoms with van der Waals surface area (Å²) in [5.41, 5.74) is 1.13. The average Bonchev–Trinajstić information content (AvgIpc) is 2.47. The second-order valence-corrected chi connectivity index (χ2v) is 5.10. The van der Waals surface area contributed by atoms with E-state index in [1.807, 2.05) is 0 Å². The van der Waals surface area contributed by atoms with Gasteiger partial charge in [-0.25, -0.2) is 0 Å². The number of esters is 1. The van der Waals surface area contributed by atoms with Crippen molar-refractivity contribution < 1.29 is 19.2 Å². The molecule has 0 aliphatic rings. The monoisotopic (exact) mass is 323 g/mol. The Morgan fingerprint density at radius 1 is 1.39 bits per heavy atom. The fourth-order valence-electron chi connectivity index (χ4n) is 1.91. The minimum absolute atomic E-state index is 0.0188. The van der Waals surface area contributed by atoms with Gasteiger partial charge in [0, 0.05) is 30.8 Å². The highest BCUT2D eigenvalue weighted by Crippen LogP contribution is 2.21. The van der Waals surface area contributed by atoms with Crippen molar-refractivity contribution in [3.8, 4) is 0 Å². The second kappa shape index (κ2) is 8.84. The van der Waals surface area contributed by atoms with Gasteiger partial charge in [-0.3, -0.25) is 24.6 Å². The van der Waals surface area contributed by atoms with Crippen molar-refractivity contribution in [2.45, 2.75) is 20.3 Å². The van der Waals surface area contributed by atoms with Gasteiger partial charge in [0.05, 0.1) is 18.1 Å². The maximum atomic E-state index is 11.9. The molecule has 0 unspecified atom stereocenters. The van der Waals surface area contributed by atoms with Crippen molar-refractivity contribution in [1.29, 1.82) is 0 Å². The number of non-ortho nitro benzene ring substituents is 1. The van der Waals surface area contributed by atoms with Crippen LogP contribution >= 0.6 is 0 Å². The van der Waals surface area contributed by atoms with E-state index in [2.05, 4.69) is 5.32 Å². The molecule has 0 aliphatic carbocycles. The summed E-state index contributed by atoms with van der Waals surface area (Å²) < 4.78 is 4.83. The summed E-state index contributed by atoms with van der Waals surface area (Å²) in [6, 6.07) is 4.26. The van der Waals surface area contributed by atoms with Crippen LogP contribution in [0.2, 0.25) is 0 Å². The first-order chi connectivity index (χ1) is 10.8. The zero-order chi connectivity index (χ0) is 17.4. The number of carbonyl (C=O) groups excluding carboxylic acids is 2. The molecule has 8 heteroatoms. The van der Waals surface area contributed by atoms with Crippen LogP contribution in [0.15, 0.2) is 18.2 Å². The molecular formula is C15H21N3O5. The van der Waals surface area contributed by atoms with Gasteiger partial charge in [-0.05, 0) is 32.5 Å². The number of nitro benzene ring substituents is 1. The van der Waals surface area contributed by atoms with E-state index in [-0.39, 0.29) is 30.5 Å². The van der Waals surface area contributed by atoms with Crippen LogP contribution in [-0.2, 0) is 14.3 Å². The lowest BCUT2D eigenvalue weighted by atomic mass is 10.1. The van der Waals surface area contributed by atoms with E-state index < -0.39 is 4.92 Å². The normalized spacial score (nSPS) is 10.4.